The van der Waals surface area contributed by atoms with Crippen molar-refractivity contribution < 1.29 is 5.11 Å². The lowest BCUT2D eigenvalue weighted by Gasteiger charge is -2.41. The highest BCUT2D eigenvalue weighted by atomic mass is 16.3. The molecule has 1 aliphatic carbocycles. The van der Waals surface area contributed by atoms with Gasteiger partial charge in [0.2, 0.25) is 0 Å². The number of rotatable bonds is 2. The van der Waals surface area contributed by atoms with Gasteiger partial charge in [-0.1, -0.05) is 42.5 Å². The lowest BCUT2D eigenvalue weighted by molar-refractivity contribution is -0.0631. The van der Waals surface area contributed by atoms with Gasteiger partial charge in [-0.15, -0.1) is 0 Å². The van der Waals surface area contributed by atoms with Crippen molar-refractivity contribution in [2.75, 3.05) is 18.0 Å². The Morgan fingerprint density at radius 1 is 0.962 bits per heavy atom. The van der Waals surface area contributed by atoms with Crippen molar-refractivity contribution in [3.8, 4) is 0 Å². The van der Waals surface area contributed by atoms with Crippen LogP contribution in [0.15, 0.2) is 60.8 Å². The third-order valence-corrected chi connectivity index (χ3v) is 6.22. The molecule has 1 aromatic heterocycles. The minimum atomic E-state index is -0.733. The molecule has 2 aromatic carbocycles. The first-order valence-corrected chi connectivity index (χ1v) is 9.49. The summed E-state index contributed by atoms with van der Waals surface area (Å²) >= 11 is 0. The molecule has 2 aliphatic rings. The van der Waals surface area contributed by atoms with E-state index in [1.165, 1.54) is 6.42 Å². The van der Waals surface area contributed by atoms with E-state index in [1.807, 2.05) is 48.7 Å². The molecule has 1 saturated carbocycles. The quantitative estimate of drug-likeness (QED) is 0.768. The Balaban J connectivity index is 1.47. The number of anilines is 1. The molecule has 4 heteroatoms. The number of benzene rings is 2. The Morgan fingerprint density at radius 3 is 2.58 bits per heavy atom. The Labute approximate surface area is 153 Å². The molecule has 1 N–H and O–H groups in total. The first-order chi connectivity index (χ1) is 12.7. The van der Waals surface area contributed by atoms with E-state index in [9.17, 15) is 5.11 Å². The van der Waals surface area contributed by atoms with Crippen molar-refractivity contribution in [2.24, 2.45) is 11.8 Å². The minimum absolute atomic E-state index is 0.243. The first kappa shape index (κ1) is 15.8. The van der Waals surface area contributed by atoms with Crippen LogP contribution in [-0.4, -0.2) is 28.2 Å². The zero-order valence-corrected chi connectivity index (χ0v) is 14.8. The molecule has 4 nitrogen and oxygen atoms in total. The summed E-state index contributed by atoms with van der Waals surface area (Å²) in [5.41, 5.74) is 2.18. The Hall–Kier alpha value is -2.46. The van der Waals surface area contributed by atoms with E-state index in [0.29, 0.717) is 5.92 Å². The SMILES string of the molecule is O[C@]1(c2ccccc2)CCC[C@@H]2CN(c3cnc4ccccc4n3)C[C@@H]21. The average molecular weight is 345 g/mol. The van der Waals surface area contributed by atoms with Crippen molar-refractivity contribution in [3.05, 3.63) is 66.4 Å². The van der Waals surface area contributed by atoms with Gasteiger partial charge in [0.05, 0.1) is 22.8 Å². The summed E-state index contributed by atoms with van der Waals surface area (Å²) in [6.07, 6.45) is 4.97. The summed E-state index contributed by atoms with van der Waals surface area (Å²) in [6.45, 7) is 1.79. The van der Waals surface area contributed by atoms with E-state index in [1.54, 1.807) is 0 Å². The van der Waals surface area contributed by atoms with Crippen LogP contribution < -0.4 is 4.90 Å². The van der Waals surface area contributed by atoms with Gasteiger partial charge in [0.15, 0.2) is 0 Å². The molecule has 2 heterocycles. The van der Waals surface area contributed by atoms with E-state index in [4.69, 9.17) is 4.98 Å². The summed E-state index contributed by atoms with van der Waals surface area (Å²) in [4.78, 5) is 11.7. The molecule has 132 valence electrons. The lowest BCUT2D eigenvalue weighted by atomic mass is 9.67. The fraction of sp³-hybridized carbons (Fsp3) is 0.364. The third-order valence-electron chi connectivity index (χ3n) is 6.22. The topological polar surface area (TPSA) is 49.2 Å². The van der Waals surface area contributed by atoms with E-state index < -0.39 is 5.60 Å². The van der Waals surface area contributed by atoms with Crippen LogP contribution in [0.5, 0.6) is 0 Å². The number of nitrogens with zero attached hydrogens (tertiary/aromatic N) is 3. The van der Waals surface area contributed by atoms with Crippen LogP contribution in [0.3, 0.4) is 0 Å². The second kappa shape index (κ2) is 6.06. The molecule has 3 aromatic rings. The number of hydrogen-bond acceptors (Lipinski definition) is 4. The van der Waals surface area contributed by atoms with Crippen LogP contribution in [-0.2, 0) is 5.60 Å². The van der Waals surface area contributed by atoms with E-state index >= 15 is 0 Å². The van der Waals surface area contributed by atoms with Crippen LogP contribution in [0.25, 0.3) is 11.0 Å². The second-order valence-corrected chi connectivity index (χ2v) is 7.67. The molecule has 0 amide bonds. The number of aliphatic hydroxyl groups is 1. The van der Waals surface area contributed by atoms with E-state index in [0.717, 1.165) is 48.3 Å². The van der Waals surface area contributed by atoms with Gasteiger partial charge in [-0.25, -0.2) is 4.98 Å². The molecule has 1 aliphatic heterocycles. The maximum Gasteiger partial charge on any atom is 0.147 e. The number of hydrogen-bond donors (Lipinski definition) is 1. The number of fused-ring (bicyclic) bond motifs is 2. The van der Waals surface area contributed by atoms with Crippen LogP contribution >= 0.6 is 0 Å². The van der Waals surface area contributed by atoms with Crippen molar-refractivity contribution in [1.29, 1.82) is 0 Å². The fourth-order valence-corrected chi connectivity index (χ4v) is 4.90. The molecule has 0 bridgehead atoms. The fourth-order valence-electron chi connectivity index (χ4n) is 4.90. The van der Waals surface area contributed by atoms with Crippen molar-refractivity contribution >= 4 is 16.9 Å². The van der Waals surface area contributed by atoms with Gasteiger partial charge in [0.1, 0.15) is 5.82 Å². The summed E-state index contributed by atoms with van der Waals surface area (Å²) in [7, 11) is 0. The smallest absolute Gasteiger partial charge is 0.147 e. The summed E-state index contributed by atoms with van der Waals surface area (Å²) in [6, 6.07) is 18.2. The van der Waals surface area contributed by atoms with Gasteiger partial charge >= 0.3 is 0 Å². The third kappa shape index (κ3) is 2.48. The maximum absolute atomic E-state index is 11.6. The monoisotopic (exact) mass is 345 g/mol. The van der Waals surface area contributed by atoms with Crippen molar-refractivity contribution in [3.63, 3.8) is 0 Å². The lowest BCUT2D eigenvalue weighted by Crippen LogP contribution is -2.42. The highest BCUT2D eigenvalue weighted by Crippen LogP contribution is 2.48. The number of aromatic nitrogens is 2. The summed E-state index contributed by atoms with van der Waals surface area (Å²) in [5, 5.41) is 11.6. The Morgan fingerprint density at radius 2 is 1.73 bits per heavy atom. The molecule has 5 rings (SSSR count). The Bertz CT molecular complexity index is 929. The predicted molar refractivity (Wildman–Crippen MR) is 103 cm³/mol. The molecule has 1 saturated heterocycles. The van der Waals surface area contributed by atoms with Crippen molar-refractivity contribution in [2.45, 2.75) is 24.9 Å². The van der Waals surface area contributed by atoms with E-state index in [-0.39, 0.29) is 5.92 Å². The summed E-state index contributed by atoms with van der Waals surface area (Å²) < 4.78 is 0. The molecule has 0 unspecified atom stereocenters. The zero-order valence-electron chi connectivity index (χ0n) is 14.8. The first-order valence-electron chi connectivity index (χ1n) is 9.49. The van der Waals surface area contributed by atoms with Crippen LogP contribution in [0.2, 0.25) is 0 Å². The molecule has 0 spiro atoms. The second-order valence-electron chi connectivity index (χ2n) is 7.67. The highest BCUT2D eigenvalue weighted by molar-refractivity contribution is 5.75. The summed E-state index contributed by atoms with van der Waals surface area (Å²) in [5.74, 6) is 1.67. The number of para-hydroxylation sites is 2. The molecule has 3 atom stereocenters. The molecular formula is C22H23N3O. The van der Waals surface area contributed by atoms with E-state index in [2.05, 4.69) is 22.0 Å². The minimum Gasteiger partial charge on any atom is -0.385 e. The predicted octanol–water partition coefficient (Wildman–Crippen LogP) is 3.75. The molecule has 26 heavy (non-hydrogen) atoms. The normalized spacial score (nSPS) is 28.3. The van der Waals surface area contributed by atoms with Gasteiger partial charge in [-0.2, -0.15) is 0 Å². The maximum atomic E-state index is 11.6. The molecule has 2 fully saturated rings. The molecule has 0 radical (unpaired) electrons. The zero-order chi connectivity index (χ0) is 17.6. The van der Waals surface area contributed by atoms with Crippen LogP contribution in [0.4, 0.5) is 5.82 Å². The standard InChI is InChI=1S/C22H23N3O/c26-22(17-8-2-1-3-9-17)12-6-7-16-14-25(15-18(16)22)21-13-23-19-10-4-5-11-20(19)24-21/h1-5,8-11,13,16,18,26H,6-7,12,14-15H2/t16-,18+,22+/m1/s1. The van der Waals surface area contributed by atoms with Gasteiger partial charge in [-0.05, 0) is 42.9 Å². The van der Waals surface area contributed by atoms with Crippen LogP contribution in [0.1, 0.15) is 24.8 Å². The van der Waals surface area contributed by atoms with Gasteiger partial charge in [0.25, 0.3) is 0 Å². The Kier molecular flexibility index (Phi) is 3.68. The van der Waals surface area contributed by atoms with Crippen LogP contribution in [0, 0.1) is 11.8 Å². The average Bonchev–Trinajstić information content (AvgIpc) is 3.14. The largest absolute Gasteiger partial charge is 0.385 e. The van der Waals surface area contributed by atoms with Gasteiger partial charge in [0, 0.05) is 19.0 Å². The molecular weight excluding hydrogens is 322 g/mol. The van der Waals surface area contributed by atoms with Gasteiger partial charge in [-0.3, -0.25) is 4.98 Å². The van der Waals surface area contributed by atoms with Gasteiger partial charge < -0.3 is 10.0 Å². The van der Waals surface area contributed by atoms with Crippen molar-refractivity contribution in [1.82, 2.24) is 9.97 Å². The highest BCUT2D eigenvalue weighted by Gasteiger charge is 2.49.